The monoisotopic (exact) mass is 509 g/mol. The molecule has 2 atom stereocenters. The SMILES string of the molecule is CC12C(=O)CCCC1(Sc1ccccc1)Oc1c(I)ccc(CC[N+](=O)[O-])c12. The Labute approximate surface area is 181 Å². The van der Waals surface area contributed by atoms with Crippen LogP contribution in [0.5, 0.6) is 5.75 Å². The Morgan fingerprint density at radius 1 is 1.25 bits per heavy atom. The average molecular weight is 509 g/mol. The van der Waals surface area contributed by atoms with Crippen molar-refractivity contribution in [2.45, 2.75) is 47.9 Å². The normalized spacial score (nSPS) is 25.7. The first-order chi connectivity index (χ1) is 13.4. The van der Waals surface area contributed by atoms with Crippen LogP contribution in [0, 0.1) is 13.7 Å². The summed E-state index contributed by atoms with van der Waals surface area (Å²) in [5.74, 6) is 0.882. The average Bonchev–Trinajstić information content (AvgIpc) is 2.94. The zero-order valence-corrected chi connectivity index (χ0v) is 18.4. The fourth-order valence-corrected chi connectivity index (χ4v) is 6.39. The number of fused-ring (bicyclic) bond motifs is 3. The van der Waals surface area contributed by atoms with Crippen LogP contribution < -0.4 is 4.74 Å². The molecule has 0 N–H and O–H groups in total. The molecular weight excluding hydrogens is 489 g/mol. The molecule has 0 saturated heterocycles. The van der Waals surface area contributed by atoms with Gasteiger partial charge in [-0.05, 0) is 66.1 Å². The molecule has 0 radical (unpaired) electrons. The number of rotatable bonds is 5. The van der Waals surface area contributed by atoms with Gasteiger partial charge in [0, 0.05) is 28.2 Å². The van der Waals surface area contributed by atoms with Crippen molar-refractivity contribution in [1.82, 2.24) is 0 Å². The highest BCUT2D eigenvalue weighted by Gasteiger charge is 2.64. The Balaban J connectivity index is 1.86. The highest BCUT2D eigenvalue weighted by molar-refractivity contribution is 14.1. The molecule has 1 aliphatic heterocycles. The molecule has 4 rings (SSSR count). The zero-order valence-electron chi connectivity index (χ0n) is 15.4. The summed E-state index contributed by atoms with van der Waals surface area (Å²) in [5.41, 5.74) is 0.878. The number of ketones is 1. The van der Waals surface area contributed by atoms with E-state index in [1.54, 1.807) is 11.8 Å². The van der Waals surface area contributed by atoms with Crippen molar-refractivity contribution >= 4 is 40.1 Å². The minimum Gasteiger partial charge on any atom is -0.473 e. The van der Waals surface area contributed by atoms with Crippen molar-refractivity contribution in [1.29, 1.82) is 0 Å². The smallest absolute Gasteiger partial charge is 0.207 e. The van der Waals surface area contributed by atoms with Gasteiger partial charge < -0.3 is 4.74 Å². The predicted octanol–water partition coefficient (Wildman–Crippen LogP) is 5.00. The van der Waals surface area contributed by atoms with Crippen LogP contribution in [-0.4, -0.2) is 22.2 Å². The lowest BCUT2D eigenvalue weighted by atomic mass is 9.67. The summed E-state index contributed by atoms with van der Waals surface area (Å²) < 4.78 is 7.56. The van der Waals surface area contributed by atoms with Gasteiger partial charge >= 0.3 is 0 Å². The second-order valence-electron chi connectivity index (χ2n) is 7.39. The number of nitro groups is 1. The third kappa shape index (κ3) is 3.03. The number of ether oxygens (including phenoxy) is 1. The summed E-state index contributed by atoms with van der Waals surface area (Å²) in [5, 5.41) is 11.0. The Morgan fingerprint density at radius 3 is 2.71 bits per heavy atom. The van der Waals surface area contributed by atoms with Crippen LogP contribution in [0.25, 0.3) is 0 Å². The molecule has 1 aliphatic carbocycles. The Kier molecular flexibility index (Phi) is 5.16. The van der Waals surface area contributed by atoms with Crippen molar-refractivity contribution in [2.24, 2.45) is 0 Å². The first-order valence-corrected chi connectivity index (χ1v) is 11.2. The minimum absolute atomic E-state index is 0.157. The van der Waals surface area contributed by atoms with Crippen molar-refractivity contribution in [3.63, 3.8) is 0 Å². The number of hydrogen-bond donors (Lipinski definition) is 0. The topological polar surface area (TPSA) is 69.4 Å². The lowest BCUT2D eigenvalue weighted by Gasteiger charge is -2.44. The fourth-order valence-electron chi connectivity index (χ4n) is 4.36. The van der Waals surface area contributed by atoms with Gasteiger partial charge in [-0.1, -0.05) is 36.0 Å². The maximum Gasteiger partial charge on any atom is 0.207 e. The van der Waals surface area contributed by atoms with E-state index >= 15 is 0 Å². The van der Waals surface area contributed by atoms with E-state index in [2.05, 4.69) is 22.6 Å². The molecule has 2 unspecified atom stereocenters. The Hall–Kier alpha value is -1.61. The van der Waals surface area contributed by atoms with Crippen LogP contribution in [0.15, 0.2) is 47.4 Å². The van der Waals surface area contributed by atoms with E-state index in [1.165, 1.54) is 0 Å². The van der Waals surface area contributed by atoms with Gasteiger partial charge in [0.05, 0.1) is 3.57 Å². The lowest BCUT2D eigenvalue weighted by Crippen LogP contribution is -2.55. The number of carbonyl (C=O) groups excluding carboxylic acids is 1. The molecule has 5 nitrogen and oxygen atoms in total. The summed E-state index contributed by atoms with van der Waals surface area (Å²) in [6, 6.07) is 13.8. The minimum atomic E-state index is -0.825. The summed E-state index contributed by atoms with van der Waals surface area (Å²) in [4.78, 5) is 24.3. The largest absolute Gasteiger partial charge is 0.473 e. The van der Waals surface area contributed by atoms with E-state index in [1.807, 2.05) is 49.4 Å². The van der Waals surface area contributed by atoms with E-state index in [0.717, 1.165) is 38.2 Å². The molecule has 28 heavy (non-hydrogen) atoms. The first-order valence-electron chi connectivity index (χ1n) is 9.27. The van der Waals surface area contributed by atoms with E-state index in [0.29, 0.717) is 12.8 Å². The molecule has 2 aliphatic rings. The van der Waals surface area contributed by atoms with Gasteiger partial charge in [0.2, 0.25) is 6.54 Å². The molecule has 0 aromatic heterocycles. The molecule has 0 amide bonds. The van der Waals surface area contributed by atoms with E-state index < -0.39 is 10.3 Å². The van der Waals surface area contributed by atoms with Crippen LogP contribution >= 0.6 is 34.4 Å². The Bertz CT molecular complexity index is 951. The van der Waals surface area contributed by atoms with Crippen LogP contribution in [0.2, 0.25) is 0 Å². The molecule has 7 heteroatoms. The zero-order chi connectivity index (χ0) is 19.9. The van der Waals surface area contributed by atoms with Gasteiger partial charge in [-0.2, -0.15) is 0 Å². The number of Topliss-reactive ketones (excluding diaryl/α,β-unsaturated/α-hetero) is 1. The second kappa shape index (κ2) is 7.33. The van der Waals surface area contributed by atoms with Gasteiger partial charge in [0.1, 0.15) is 16.9 Å². The van der Waals surface area contributed by atoms with Crippen molar-refractivity contribution < 1.29 is 14.5 Å². The highest BCUT2D eigenvalue weighted by Crippen LogP contribution is 2.62. The van der Waals surface area contributed by atoms with E-state index in [-0.39, 0.29) is 17.3 Å². The van der Waals surface area contributed by atoms with Crippen LogP contribution in [0.3, 0.4) is 0 Å². The maximum absolute atomic E-state index is 13.3. The summed E-state index contributed by atoms with van der Waals surface area (Å²) in [6.07, 6.45) is 2.35. The van der Waals surface area contributed by atoms with Crippen molar-refractivity contribution in [3.05, 3.63) is 67.3 Å². The lowest BCUT2D eigenvalue weighted by molar-refractivity contribution is -0.479. The molecule has 2 aromatic rings. The number of halogens is 1. The number of benzene rings is 2. The number of hydrogen-bond acceptors (Lipinski definition) is 5. The van der Waals surface area contributed by atoms with Crippen LogP contribution in [0.1, 0.15) is 37.3 Å². The standard InChI is InChI=1S/C21H20INO4S/c1-20-17(24)8-5-12-21(20,28-15-6-3-2-4-7-15)27-19-16(22)10-9-14(18(19)20)11-13-23(25)26/h2-4,6-7,9-10H,5,8,11-13H2,1H3. The van der Waals surface area contributed by atoms with E-state index in [4.69, 9.17) is 4.74 Å². The van der Waals surface area contributed by atoms with Crippen molar-refractivity contribution in [2.75, 3.05) is 6.54 Å². The first kappa shape index (κ1) is 19.7. The van der Waals surface area contributed by atoms with Gasteiger partial charge in [-0.3, -0.25) is 14.9 Å². The number of nitrogens with zero attached hydrogens (tertiary/aromatic N) is 1. The maximum atomic E-state index is 13.3. The number of thioether (sulfide) groups is 1. The van der Waals surface area contributed by atoms with Gasteiger partial charge in [-0.25, -0.2) is 0 Å². The van der Waals surface area contributed by atoms with Gasteiger partial charge in [0.15, 0.2) is 4.93 Å². The predicted molar refractivity (Wildman–Crippen MR) is 117 cm³/mol. The summed E-state index contributed by atoms with van der Waals surface area (Å²) >= 11 is 3.83. The molecule has 1 heterocycles. The molecule has 2 aromatic carbocycles. The van der Waals surface area contributed by atoms with Crippen molar-refractivity contribution in [3.8, 4) is 5.75 Å². The molecular formula is C21H20INO4S. The molecule has 1 saturated carbocycles. The second-order valence-corrected chi connectivity index (χ2v) is 9.89. The third-order valence-electron chi connectivity index (χ3n) is 5.78. The fraction of sp³-hybridized carbons (Fsp3) is 0.381. The summed E-state index contributed by atoms with van der Waals surface area (Å²) in [6.45, 7) is 1.82. The summed E-state index contributed by atoms with van der Waals surface area (Å²) in [7, 11) is 0. The molecule has 0 spiro atoms. The van der Waals surface area contributed by atoms with E-state index in [9.17, 15) is 14.9 Å². The van der Waals surface area contributed by atoms with Crippen LogP contribution in [-0.2, 0) is 16.6 Å². The quantitative estimate of drug-likeness (QED) is 0.322. The van der Waals surface area contributed by atoms with Gasteiger partial charge in [0.25, 0.3) is 0 Å². The molecule has 146 valence electrons. The number of carbonyl (C=O) groups is 1. The van der Waals surface area contributed by atoms with Gasteiger partial charge in [-0.15, -0.1) is 0 Å². The third-order valence-corrected chi connectivity index (χ3v) is 8.16. The molecule has 1 fully saturated rings. The van der Waals surface area contributed by atoms with Crippen LogP contribution in [0.4, 0.5) is 0 Å². The molecule has 0 bridgehead atoms. The Morgan fingerprint density at radius 2 is 2.00 bits per heavy atom. The highest BCUT2D eigenvalue weighted by atomic mass is 127.